The van der Waals surface area contributed by atoms with Gasteiger partial charge >= 0.3 is 0 Å². The summed E-state index contributed by atoms with van der Waals surface area (Å²) in [7, 11) is 0. The Labute approximate surface area is 121 Å². The van der Waals surface area contributed by atoms with E-state index in [4.69, 9.17) is 16.3 Å². The number of hydrogen-bond acceptors (Lipinski definition) is 3. The van der Waals surface area contributed by atoms with Crippen LogP contribution in [0, 0.1) is 0 Å². The number of hydrogen-bond donors (Lipinski definition) is 0. The molecule has 2 aromatic carbocycles. The van der Waals surface area contributed by atoms with E-state index in [-0.39, 0.29) is 0 Å². The molecule has 0 saturated carbocycles. The maximum Gasteiger partial charge on any atom is 0.238 e. The lowest BCUT2D eigenvalue weighted by Crippen LogP contribution is -2.03. The zero-order valence-electron chi connectivity index (χ0n) is 10.6. The molecule has 0 aliphatic carbocycles. The maximum absolute atomic E-state index is 5.85. The van der Waals surface area contributed by atoms with Gasteiger partial charge in [-0.3, -0.25) is 0 Å². The zero-order chi connectivity index (χ0) is 13.8. The van der Waals surface area contributed by atoms with Crippen LogP contribution in [0.1, 0.15) is 5.56 Å². The highest BCUT2D eigenvalue weighted by Crippen LogP contribution is 2.22. The molecule has 0 amide bonds. The van der Waals surface area contributed by atoms with Gasteiger partial charge < -0.3 is 4.74 Å². The second-order valence-corrected chi connectivity index (χ2v) is 4.71. The van der Waals surface area contributed by atoms with Crippen molar-refractivity contribution in [1.82, 2.24) is 15.0 Å². The lowest BCUT2D eigenvalue weighted by Gasteiger charge is -2.07. The van der Waals surface area contributed by atoms with Gasteiger partial charge in [-0.1, -0.05) is 47.1 Å². The number of nitrogens with zero attached hydrogens (tertiary/aromatic N) is 3. The first-order chi connectivity index (χ1) is 9.81. The van der Waals surface area contributed by atoms with Crippen LogP contribution in [0.25, 0.3) is 0 Å². The van der Waals surface area contributed by atoms with Crippen LogP contribution >= 0.6 is 11.6 Å². The van der Waals surface area contributed by atoms with Gasteiger partial charge in [0.2, 0.25) is 5.88 Å². The summed E-state index contributed by atoms with van der Waals surface area (Å²) in [4.78, 5) is 0. The number of halogens is 1. The monoisotopic (exact) mass is 285 g/mol. The second-order valence-electron chi connectivity index (χ2n) is 4.27. The summed E-state index contributed by atoms with van der Waals surface area (Å²) in [6.07, 6.45) is 1.59. The van der Waals surface area contributed by atoms with Crippen molar-refractivity contribution in [2.24, 2.45) is 0 Å². The normalized spacial score (nSPS) is 10.4. The van der Waals surface area contributed by atoms with Gasteiger partial charge in [0.1, 0.15) is 11.9 Å². The van der Waals surface area contributed by atoms with Crippen molar-refractivity contribution in [1.29, 1.82) is 0 Å². The molecule has 1 aromatic heterocycles. The summed E-state index contributed by atoms with van der Waals surface area (Å²) in [5.74, 6) is 1.29. The Morgan fingerprint density at radius 1 is 1.00 bits per heavy atom. The topological polar surface area (TPSA) is 39.9 Å². The number of ether oxygens (including phenoxy) is 1. The third-order valence-electron chi connectivity index (χ3n) is 2.79. The summed E-state index contributed by atoms with van der Waals surface area (Å²) in [6.45, 7) is 0.615. The molecule has 0 N–H and O–H groups in total. The van der Waals surface area contributed by atoms with Crippen molar-refractivity contribution in [3.05, 3.63) is 71.4 Å². The fraction of sp³-hybridized carbons (Fsp3) is 0.0667. The minimum atomic E-state index is 0.594. The first-order valence-electron chi connectivity index (χ1n) is 6.17. The summed E-state index contributed by atoms with van der Waals surface area (Å²) >= 11 is 5.85. The first kappa shape index (κ1) is 12.7. The van der Waals surface area contributed by atoms with Crippen molar-refractivity contribution in [3.8, 4) is 11.6 Å². The van der Waals surface area contributed by atoms with Crippen LogP contribution in [0.2, 0.25) is 5.02 Å². The standard InChI is InChI=1S/C15H12ClN3O/c16-13-6-8-14(9-7-13)20-15-10-17-18-19(15)11-12-4-2-1-3-5-12/h1-10H,11H2. The molecule has 20 heavy (non-hydrogen) atoms. The van der Waals surface area contributed by atoms with E-state index in [1.807, 2.05) is 42.5 Å². The highest BCUT2D eigenvalue weighted by molar-refractivity contribution is 6.30. The molecule has 0 bridgehead atoms. The van der Waals surface area contributed by atoms with Gasteiger partial charge in [0.15, 0.2) is 0 Å². The molecular weight excluding hydrogens is 274 g/mol. The average Bonchev–Trinajstić information content (AvgIpc) is 2.90. The zero-order valence-corrected chi connectivity index (χ0v) is 11.4. The van der Waals surface area contributed by atoms with Crippen LogP contribution in [0.5, 0.6) is 11.6 Å². The van der Waals surface area contributed by atoms with E-state index in [1.165, 1.54) is 0 Å². The Bertz CT molecular complexity index is 680. The predicted molar refractivity (Wildman–Crippen MR) is 77.1 cm³/mol. The van der Waals surface area contributed by atoms with Gasteiger partial charge in [0.25, 0.3) is 0 Å². The van der Waals surface area contributed by atoms with E-state index in [0.29, 0.717) is 23.2 Å². The molecule has 0 aliphatic rings. The Kier molecular flexibility index (Phi) is 3.65. The van der Waals surface area contributed by atoms with Crippen LogP contribution < -0.4 is 4.74 Å². The van der Waals surface area contributed by atoms with Crippen LogP contribution in [0.3, 0.4) is 0 Å². The Morgan fingerprint density at radius 2 is 1.75 bits per heavy atom. The molecule has 4 nitrogen and oxygen atoms in total. The molecule has 0 aliphatic heterocycles. The molecule has 3 aromatic rings. The third-order valence-corrected chi connectivity index (χ3v) is 3.05. The smallest absolute Gasteiger partial charge is 0.238 e. The first-order valence-corrected chi connectivity index (χ1v) is 6.55. The predicted octanol–water partition coefficient (Wildman–Crippen LogP) is 3.77. The van der Waals surface area contributed by atoms with Crippen molar-refractivity contribution in [3.63, 3.8) is 0 Å². The van der Waals surface area contributed by atoms with E-state index in [1.54, 1.807) is 23.0 Å². The van der Waals surface area contributed by atoms with Crippen LogP contribution in [-0.2, 0) is 6.54 Å². The molecule has 0 saturated heterocycles. The van der Waals surface area contributed by atoms with Gasteiger partial charge in [0, 0.05) is 5.02 Å². The Balaban J connectivity index is 1.78. The molecule has 5 heteroatoms. The summed E-state index contributed by atoms with van der Waals surface area (Å²) in [5, 5.41) is 8.61. The lowest BCUT2D eigenvalue weighted by atomic mass is 10.2. The molecule has 0 atom stereocenters. The van der Waals surface area contributed by atoms with Crippen molar-refractivity contribution >= 4 is 11.6 Å². The second kappa shape index (κ2) is 5.75. The van der Waals surface area contributed by atoms with Gasteiger partial charge in [-0.15, -0.1) is 5.10 Å². The molecule has 0 spiro atoms. The fourth-order valence-electron chi connectivity index (χ4n) is 1.82. The van der Waals surface area contributed by atoms with Crippen molar-refractivity contribution in [2.45, 2.75) is 6.54 Å². The summed E-state index contributed by atoms with van der Waals surface area (Å²) in [6, 6.07) is 17.2. The quantitative estimate of drug-likeness (QED) is 0.732. The molecular formula is C15H12ClN3O. The SMILES string of the molecule is Clc1ccc(Oc2cnnn2Cc2ccccc2)cc1. The van der Waals surface area contributed by atoms with E-state index >= 15 is 0 Å². The van der Waals surface area contributed by atoms with E-state index in [0.717, 1.165) is 5.56 Å². The summed E-state index contributed by atoms with van der Waals surface area (Å²) in [5.41, 5.74) is 1.14. The molecule has 1 heterocycles. The van der Waals surface area contributed by atoms with Gasteiger partial charge in [-0.25, -0.2) is 4.68 Å². The van der Waals surface area contributed by atoms with Crippen molar-refractivity contribution in [2.75, 3.05) is 0 Å². The fourth-order valence-corrected chi connectivity index (χ4v) is 1.94. The van der Waals surface area contributed by atoms with Gasteiger partial charge in [0.05, 0.1) is 6.54 Å². The largest absolute Gasteiger partial charge is 0.438 e. The molecule has 0 radical (unpaired) electrons. The van der Waals surface area contributed by atoms with E-state index in [2.05, 4.69) is 10.3 Å². The van der Waals surface area contributed by atoms with Crippen LogP contribution in [0.15, 0.2) is 60.8 Å². The summed E-state index contributed by atoms with van der Waals surface area (Å²) < 4.78 is 7.47. The minimum Gasteiger partial charge on any atom is -0.438 e. The third kappa shape index (κ3) is 2.97. The molecule has 0 unspecified atom stereocenters. The lowest BCUT2D eigenvalue weighted by molar-refractivity contribution is 0.420. The Hall–Kier alpha value is -2.33. The number of benzene rings is 2. The van der Waals surface area contributed by atoms with E-state index < -0.39 is 0 Å². The van der Waals surface area contributed by atoms with Crippen molar-refractivity contribution < 1.29 is 4.74 Å². The number of aromatic nitrogens is 3. The molecule has 3 rings (SSSR count). The average molecular weight is 286 g/mol. The number of rotatable bonds is 4. The highest BCUT2D eigenvalue weighted by Gasteiger charge is 2.07. The van der Waals surface area contributed by atoms with E-state index in [9.17, 15) is 0 Å². The Morgan fingerprint density at radius 3 is 2.50 bits per heavy atom. The maximum atomic E-state index is 5.85. The van der Waals surface area contributed by atoms with Crippen LogP contribution in [-0.4, -0.2) is 15.0 Å². The minimum absolute atomic E-state index is 0.594. The van der Waals surface area contributed by atoms with Gasteiger partial charge in [-0.05, 0) is 29.8 Å². The highest BCUT2D eigenvalue weighted by atomic mass is 35.5. The molecule has 0 fully saturated rings. The van der Waals surface area contributed by atoms with Gasteiger partial charge in [-0.2, -0.15) is 0 Å². The van der Waals surface area contributed by atoms with Crippen LogP contribution in [0.4, 0.5) is 0 Å². The molecule has 100 valence electrons.